The zero-order valence-electron chi connectivity index (χ0n) is 10.3. The molecule has 0 saturated heterocycles. The van der Waals surface area contributed by atoms with Crippen molar-refractivity contribution in [2.24, 2.45) is 0 Å². The zero-order chi connectivity index (χ0) is 12.8. The molecule has 1 N–H and O–H groups in total. The van der Waals surface area contributed by atoms with Crippen LogP contribution in [0, 0.1) is 0 Å². The molecule has 0 saturated carbocycles. The van der Waals surface area contributed by atoms with E-state index in [1.165, 1.54) is 0 Å². The van der Waals surface area contributed by atoms with Crippen LogP contribution in [-0.2, 0) is 0 Å². The molecule has 0 fully saturated rings. The third-order valence-corrected chi connectivity index (χ3v) is 4.33. The van der Waals surface area contributed by atoms with Crippen LogP contribution >= 0.6 is 23.1 Å². The Morgan fingerprint density at radius 2 is 2.28 bits per heavy atom. The van der Waals surface area contributed by atoms with Crippen LogP contribution < -0.4 is 10.1 Å². The van der Waals surface area contributed by atoms with Gasteiger partial charge in [0.25, 0.3) is 0 Å². The third-order valence-electron chi connectivity index (χ3n) is 2.16. The Bertz CT molecular complexity index is 502. The number of hydrogen-bond acceptors (Lipinski definition) is 6. The molecule has 1 heterocycles. The van der Waals surface area contributed by atoms with Crippen LogP contribution in [0.2, 0.25) is 0 Å². The Balaban J connectivity index is 2.01. The molecule has 0 aliphatic rings. The van der Waals surface area contributed by atoms with E-state index in [4.69, 9.17) is 4.74 Å². The molecule has 1 aromatic carbocycles. The highest BCUT2D eigenvalue weighted by Gasteiger charge is 2.05. The molecule has 0 amide bonds. The van der Waals surface area contributed by atoms with Gasteiger partial charge in [0.1, 0.15) is 5.75 Å². The highest BCUT2D eigenvalue weighted by atomic mass is 32.2. The second-order valence-electron chi connectivity index (χ2n) is 3.58. The minimum Gasteiger partial charge on any atom is -0.497 e. The summed E-state index contributed by atoms with van der Waals surface area (Å²) in [5.74, 6) is 1.90. The number of benzene rings is 1. The van der Waals surface area contributed by atoms with Gasteiger partial charge in [-0.15, -0.1) is 10.2 Å². The first kappa shape index (κ1) is 13.2. The molecular formula is C12H15N3OS2. The second-order valence-corrected chi connectivity index (χ2v) is 5.90. The van der Waals surface area contributed by atoms with E-state index in [2.05, 4.69) is 22.4 Å². The predicted octanol–water partition coefficient (Wildman–Crippen LogP) is 3.79. The first-order chi connectivity index (χ1) is 8.81. The maximum Gasteiger partial charge on any atom is 0.210 e. The molecule has 2 aromatic rings. The van der Waals surface area contributed by atoms with Crippen LogP contribution in [0.25, 0.3) is 0 Å². The molecule has 6 heteroatoms. The molecule has 0 atom stereocenters. The lowest BCUT2D eigenvalue weighted by Gasteiger charge is -2.04. The maximum atomic E-state index is 5.17. The lowest BCUT2D eigenvalue weighted by atomic mass is 10.3. The van der Waals surface area contributed by atoms with Gasteiger partial charge in [-0.2, -0.15) is 0 Å². The van der Waals surface area contributed by atoms with E-state index in [9.17, 15) is 0 Å². The normalized spacial score (nSPS) is 10.3. The number of rotatable bonds is 6. The molecule has 0 unspecified atom stereocenters. The van der Waals surface area contributed by atoms with E-state index < -0.39 is 0 Å². The average molecular weight is 281 g/mol. The first-order valence-electron chi connectivity index (χ1n) is 5.69. The lowest BCUT2D eigenvalue weighted by Crippen LogP contribution is -1.90. The average Bonchev–Trinajstić information content (AvgIpc) is 2.84. The first-order valence-corrected chi connectivity index (χ1v) is 7.49. The maximum absolute atomic E-state index is 5.17. The second kappa shape index (κ2) is 6.61. The molecule has 2 rings (SSSR count). The van der Waals surface area contributed by atoms with E-state index in [0.29, 0.717) is 0 Å². The molecule has 0 radical (unpaired) electrons. The van der Waals surface area contributed by atoms with Gasteiger partial charge in [0, 0.05) is 17.5 Å². The van der Waals surface area contributed by atoms with Crippen molar-refractivity contribution in [3.8, 4) is 5.75 Å². The topological polar surface area (TPSA) is 47.0 Å². The van der Waals surface area contributed by atoms with Crippen LogP contribution in [0.3, 0.4) is 0 Å². The Morgan fingerprint density at radius 3 is 3.06 bits per heavy atom. The largest absolute Gasteiger partial charge is 0.497 e. The number of ether oxygens (including phenoxy) is 1. The van der Waals surface area contributed by atoms with Crippen molar-refractivity contribution in [3.63, 3.8) is 0 Å². The van der Waals surface area contributed by atoms with Gasteiger partial charge in [-0.1, -0.05) is 36.1 Å². The summed E-state index contributed by atoms with van der Waals surface area (Å²) in [7, 11) is 1.66. The quantitative estimate of drug-likeness (QED) is 0.816. The minimum atomic E-state index is 0.807. The van der Waals surface area contributed by atoms with Crippen molar-refractivity contribution in [1.29, 1.82) is 0 Å². The molecule has 18 heavy (non-hydrogen) atoms. The smallest absolute Gasteiger partial charge is 0.210 e. The molecule has 0 bridgehead atoms. The van der Waals surface area contributed by atoms with Crippen LogP contribution in [0.1, 0.15) is 13.3 Å². The van der Waals surface area contributed by atoms with Crippen molar-refractivity contribution in [1.82, 2.24) is 10.2 Å². The summed E-state index contributed by atoms with van der Waals surface area (Å²) in [4.78, 5) is 0. The molecule has 0 aliphatic carbocycles. The number of aromatic nitrogens is 2. The van der Waals surface area contributed by atoms with Crippen molar-refractivity contribution in [3.05, 3.63) is 24.3 Å². The van der Waals surface area contributed by atoms with Gasteiger partial charge in [0.15, 0.2) is 4.34 Å². The molecular weight excluding hydrogens is 266 g/mol. The highest BCUT2D eigenvalue weighted by molar-refractivity contribution is 8.01. The molecule has 96 valence electrons. The molecule has 0 aliphatic heterocycles. The summed E-state index contributed by atoms with van der Waals surface area (Å²) in [5.41, 5.74) is 0.956. The third kappa shape index (κ3) is 3.61. The number of methoxy groups -OCH3 is 1. The van der Waals surface area contributed by atoms with E-state index >= 15 is 0 Å². The van der Waals surface area contributed by atoms with Crippen LogP contribution in [-0.4, -0.2) is 23.1 Å². The standard InChI is InChI=1S/C12H15N3OS2/c1-3-7-17-12-15-14-11(18-12)13-9-5-4-6-10(8-9)16-2/h4-6,8H,3,7H2,1-2H3,(H,13,14). The predicted molar refractivity (Wildman–Crippen MR) is 77.2 cm³/mol. The van der Waals surface area contributed by atoms with Gasteiger partial charge in [-0.05, 0) is 18.6 Å². The van der Waals surface area contributed by atoms with Crippen LogP contribution in [0.5, 0.6) is 5.75 Å². The fourth-order valence-corrected chi connectivity index (χ4v) is 3.03. The number of anilines is 2. The fourth-order valence-electron chi connectivity index (χ4n) is 1.33. The fraction of sp³-hybridized carbons (Fsp3) is 0.333. The van der Waals surface area contributed by atoms with Gasteiger partial charge in [0.2, 0.25) is 5.13 Å². The number of nitrogens with one attached hydrogen (secondary N) is 1. The van der Waals surface area contributed by atoms with Gasteiger partial charge >= 0.3 is 0 Å². The Labute approximate surface area is 115 Å². The van der Waals surface area contributed by atoms with E-state index in [1.807, 2.05) is 24.3 Å². The van der Waals surface area contributed by atoms with Crippen molar-refractivity contribution in [2.75, 3.05) is 18.2 Å². The number of hydrogen-bond donors (Lipinski definition) is 1. The van der Waals surface area contributed by atoms with Crippen LogP contribution in [0.15, 0.2) is 28.6 Å². The summed E-state index contributed by atoms with van der Waals surface area (Å²) in [6, 6.07) is 7.76. The van der Waals surface area contributed by atoms with Gasteiger partial charge in [-0.3, -0.25) is 0 Å². The van der Waals surface area contributed by atoms with Gasteiger partial charge in [0.05, 0.1) is 7.11 Å². The highest BCUT2D eigenvalue weighted by Crippen LogP contribution is 2.28. The summed E-state index contributed by atoms with van der Waals surface area (Å²) in [6.07, 6.45) is 1.14. The molecule has 4 nitrogen and oxygen atoms in total. The van der Waals surface area contributed by atoms with E-state index in [0.717, 1.165) is 33.1 Å². The van der Waals surface area contributed by atoms with Crippen LogP contribution in [0.4, 0.5) is 10.8 Å². The Morgan fingerprint density at radius 1 is 1.39 bits per heavy atom. The lowest BCUT2D eigenvalue weighted by molar-refractivity contribution is 0.415. The summed E-state index contributed by atoms with van der Waals surface area (Å²) >= 11 is 3.31. The van der Waals surface area contributed by atoms with Crippen molar-refractivity contribution < 1.29 is 4.74 Å². The summed E-state index contributed by atoms with van der Waals surface area (Å²) in [6.45, 7) is 2.16. The monoisotopic (exact) mass is 281 g/mol. The van der Waals surface area contributed by atoms with Crippen molar-refractivity contribution >= 4 is 33.9 Å². The summed E-state index contributed by atoms with van der Waals surface area (Å²) < 4.78 is 6.18. The Kier molecular flexibility index (Phi) is 4.83. The summed E-state index contributed by atoms with van der Waals surface area (Å²) in [5, 5.41) is 12.3. The number of nitrogens with zero attached hydrogens (tertiary/aromatic N) is 2. The zero-order valence-corrected chi connectivity index (χ0v) is 12.0. The van der Waals surface area contributed by atoms with Gasteiger partial charge in [-0.25, -0.2) is 0 Å². The van der Waals surface area contributed by atoms with E-state index in [-0.39, 0.29) is 0 Å². The van der Waals surface area contributed by atoms with Crippen molar-refractivity contribution in [2.45, 2.75) is 17.7 Å². The van der Waals surface area contributed by atoms with Gasteiger partial charge < -0.3 is 10.1 Å². The molecule has 0 spiro atoms. The van der Waals surface area contributed by atoms with E-state index in [1.54, 1.807) is 30.2 Å². The molecule has 1 aromatic heterocycles. The minimum absolute atomic E-state index is 0.807. The number of thioether (sulfide) groups is 1. The Hall–Kier alpha value is -1.27. The SMILES string of the molecule is CCCSc1nnc(Nc2cccc(OC)c2)s1.